The van der Waals surface area contributed by atoms with E-state index in [1.807, 2.05) is 26.8 Å². The van der Waals surface area contributed by atoms with E-state index in [9.17, 15) is 8.76 Å². The van der Waals surface area contributed by atoms with Gasteiger partial charge in [0.15, 0.2) is 0 Å². The molecule has 1 unspecified atom stereocenters. The van der Waals surface area contributed by atoms with E-state index in [0.717, 1.165) is 0 Å². The summed E-state index contributed by atoms with van der Waals surface area (Å²) in [6, 6.07) is 25.5. The third kappa shape index (κ3) is 2.47. The Hall–Kier alpha value is -2.49. The summed E-state index contributed by atoms with van der Waals surface area (Å²) in [7, 11) is 0. The Morgan fingerprint density at radius 2 is 1.21 bits per heavy atom. The molecule has 0 heterocycles. The first-order valence-corrected chi connectivity index (χ1v) is 11.0. The molecule has 0 radical (unpaired) electrons. The van der Waals surface area contributed by atoms with E-state index in [-0.39, 0.29) is 5.92 Å². The lowest BCUT2D eigenvalue weighted by molar-refractivity contribution is 0.487. The Morgan fingerprint density at radius 1 is 0.828 bits per heavy atom. The predicted molar refractivity (Wildman–Crippen MR) is 117 cm³/mol. The van der Waals surface area contributed by atoms with Crippen molar-refractivity contribution in [2.24, 2.45) is 5.41 Å². The average Bonchev–Trinajstić information content (AvgIpc) is 2.71. The average molecular weight is 400 g/mol. The lowest BCUT2D eigenvalue weighted by atomic mass is 9.52. The standard InChI is InChI=1S/C26H24O2S/c1-25(2,3)23(29(27)28)16-26-20-13-7-4-10-17(20)24(18-11-5-8-14-21(18)26)19-12-6-9-15-22(19)26/h4-16,24H,1-3H3,(H,27,28)/p-1/b23-16-. The highest BCUT2D eigenvalue weighted by atomic mass is 32.2. The van der Waals surface area contributed by atoms with Crippen LogP contribution in [-0.4, -0.2) is 8.76 Å². The van der Waals surface area contributed by atoms with Crippen molar-refractivity contribution in [3.63, 3.8) is 0 Å². The van der Waals surface area contributed by atoms with Gasteiger partial charge in [-0.05, 0) is 49.9 Å². The van der Waals surface area contributed by atoms with Crippen LogP contribution in [0.5, 0.6) is 0 Å². The SMILES string of the molecule is CC(C)(C)/C(=C/C12c3ccccc3C(c3ccccc31)c1ccccc12)S(=O)[O-]. The summed E-state index contributed by atoms with van der Waals surface area (Å²) in [6.07, 6.45) is 2.02. The van der Waals surface area contributed by atoms with Crippen LogP contribution in [0.3, 0.4) is 0 Å². The maximum atomic E-state index is 12.4. The molecule has 146 valence electrons. The molecule has 0 N–H and O–H groups in total. The summed E-state index contributed by atoms with van der Waals surface area (Å²) >= 11 is -2.30. The number of allylic oxidation sites excluding steroid dienone is 2. The van der Waals surface area contributed by atoms with E-state index in [4.69, 9.17) is 0 Å². The first-order chi connectivity index (χ1) is 13.9. The largest absolute Gasteiger partial charge is 0.769 e. The Bertz CT molecular complexity index is 1070. The van der Waals surface area contributed by atoms with Crippen molar-refractivity contribution in [1.29, 1.82) is 0 Å². The van der Waals surface area contributed by atoms with Gasteiger partial charge < -0.3 is 4.55 Å². The molecule has 0 aromatic heterocycles. The van der Waals surface area contributed by atoms with Crippen LogP contribution in [0, 0.1) is 5.41 Å². The molecule has 0 saturated heterocycles. The van der Waals surface area contributed by atoms with Crippen LogP contribution in [-0.2, 0) is 16.5 Å². The molecule has 3 aliphatic rings. The zero-order valence-electron chi connectivity index (χ0n) is 16.8. The number of rotatable bonds is 2. The van der Waals surface area contributed by atoms with E-state index >= 15 is 0 Å². The Kier molecular flexibility index (Phi) is 4.00. The van der Waals surface area contributed by atoms with Gasteiger partial charge in [-0.2, -0.15) is 0 Å². The molecule has 3 aromatic carbocycles. The zero-order chi connectivity index (χ0) is 20.4. The van der Waals surface area contributed by atoms with Gasteiger partial charge in [-0.25, -0.2) is 0 Å². The van der Waals surface area contributed by atoms with E-state index in [0.29, 0.717) is 4.91 Å². The third-order valence-corrected chi connectivity index (χ3v) is 7.45. The van der Waals surface area contributed by atoms with Crippen LogP contribution in [0.2, 0.25) is 0 Å². The summed E-state index contributed by atoms with van der Waals surface area (Å²) in [5, 5.41) is 0. The number of hydrogen-bond acceptors (Lipinski definition) is 2. The maximum Gasteiger partial charge on any atom is 0.0652 e. The molecule has 0 amide bonds. The Labute approximate surface area is 174 Å². The van der Waals surface area contributed by atoms with E-state index in [1.54, 1.807) is 0 Å². The molecule has 29 heavy (non-hydrogen) atoms. The van der Waals surface area contributed by atoms with E-state index in [2.05, 4.69) is 72.8 Å². The minimum Gasteiger partial charge on any atom is -0.769 e. The maximum absolute atomic E-state index is 12.4. The van der Waals surface area contributed by atoms with Crippen molar-refractivity contribution in [3.8, 4) is 0 Å². The first kappa shape index (κ1) is 18.5. The lowest BCUT2D eigenvalue weighted by Gasteiger charge is -2.50. The Balaban J connectivity index is 1.98. The number of hydrogen-bond donors (Lipinski definition) is 0. The summed E-state index contributed by atoms with van der Waals surface area (Å²) < 4.78 is 24.7. The van der Waals surface area contributed by atoms with Crippen molar-refractivity contribution in [2.45, 2.75) is 32.1 Å². The topological polar surface area (TPSA) is 40.1 Å². The second kappa shape index (κ2) is 6.25. The van der Waals surface area contributed by atoms with Crippen LogP contribution >= 0.6 is 0 Å². The molecule has 1 atom stereocenters. The number of benzene rings is 3. The fraction of sp³-hybridized carbons (Fsp3) is 0.231. The molecular formula is C26H23O2S-. The van der Waals surface area contributed by atoms with Gasteiger partial charge in [-0.3, -0.25) is 4.21 Å². The lowest BCUT2D eigenvalue weighted by Crippen LogP contribution is -2.41. The van der Waals surface area contributed by atoms with Crippen LogP contribution in [0.25, 0.3) is 0 Å². The van der Waals surface area contributed by atoms with Gasteiger partial charge in [-0.15, -0.1) is 0 Å². The van der Waals surface area contributed by atoms with Crippen molar-refractivity contribution >= 4 is 11.1 Å². The molecule has 6 rings (SSSR count). The quantitative estimate of drug-likeness (QED) is 0.523. The predicted octanol–water partition coefficient (Wildman–Crippen LogP) is 5.64. The molecule has 0 saturated carbocycles. The molecular weight excluding hydrogens is 376 g/mol. The van der Waals surface area contributed by atoms with Crippen LogP contribution in [0.1, 0.15) is 60.1 Å². The highest BCUT2D eigenvalue weighted by Gasteiger charge is 2.50. The molecule has 3 heteroatoms. The summed E-state index contributed by atoms with van der Waals surface area (Å²) in [5.41, 5.74) is 6.28. The highest BCUT2D eigenvalue weighted by molar-refractivity contribution is 7.83. The van der Waals surface area contributed by atoms with Gasteiger partial charge in [0.05, 0.1) is 5.41 Å². The molecule has 0 aliphatic heterocycles. The molecule has 0 spiro atoms. The molecule has 2 nitrogen and oxygen atoms in total. The van der Waals surface area contributed by atoms with E-state index < -0.39 is 21.9 Å². The highest BCUT2D eigenvalue weighted by Crippen LogP contribution is 2.60. The van der Waals surface area contributed by atoms with Crippen molar-refractivity contribution in [1.82, 2.24) is 0 Å². The molecule has 2 bridgehead atoms. The normalized spacial score (nSPS) is 23.2. The second-order valence-electron chi connectivity index (χ2n) is 9.00. The van der Waals surface area contributed by atoms with Gasteiger partial charge in [0, 0.05) is 10.8 Å². The van der Waals surface area contributed by atoms with Crippen LogP contribution < -0.4 is 0 Å². The van der Waals surface area contributed by atoms with Gasteiger partial charge in [0.25, 0.3) is 0 Å². The van der Waals surface area contributed by atoms with Gasteiger partial charge >= 0.3 is 0 Å². The summed E-state index contributed by atoms with van der Waals surface area (Å²) in [5.74, 6) is 0.185. The zero-order valence-corrected chi connectivity index (χ0v) is 17.6. The first-order valence-electron chi connectivity index (χ1n) is 9.96. The van der Waals surface area contributed by atoms with Gasteiger partial charge in [0.1, 0.15) is 0 Å². The minimum atomic E-state index is -2.30. The van der Waals surface area contributed by atoms with Crippen molar-refractivity contribution in [3.05, 3.63) is 117 Å². The second-order valence-corrected chi connectivity index (χ2v) is 9.91. The van der Waals surface area contributed by atoms with Crippen LogP contribution in [0.4, 0.5) is 0 Å². The molecule has 0 fully saturated rings. The Morgan fingerprint density at radius 3 is 1.55 bits per heavy atom. The van der Waals surface area contributed by atoms with Crippen LogP contribution in [0.15, 0.2) is 83.8 Å². The summed E-state index contributed by atoms with van der Waals surface area (Å²) in [4.78, 5) is 0.442. The van der Waals surface area contributed by atoms with Gasteiger partial charge in [0.2, 0.25) is 0 Å². The smallest absolute Gasteiger partial charge is 0.0652 e. The minimum absolute atomic E-state index is 0.185. The molecule has 3 aliphatic carbocycles. The third-order valence-electron chi connectivity index (χ3n) is 6.36. The van der Waals surface area contributed by atoms with Gasteiger partial charge in [-0.1, -0.05) is 99.6 Å². The monoisotopic (exact) mass is 399 g/mol. The fourth-order valence-corrected chi connectivity index (χ4v) is 5.98. The van der Waals surface area contributed by atoms with Crippen molar-refractivity contribution in [2.75, 3.05) is 0 Å². The van der Waals surface area contributed by atoms with Crippen molar-refractivity contribution < 1.29 is 8.76 Å². The fourth-order valence-electron chi connectivity index (χ4n) is 5.21. The summed E-state index contributed by atoms with van der Waals surface area (Å²) in [6.45, 7) is 5.89. The molecule has 3 aromatic rings. The van der Waals surface area contributed by atoms with E-state index in [1.165, 1.54) is 33.4 Å².